The van der Waals surface area contributed by atoms with Crippen molar-refractivity contribution >= 4 is 51.3 Å². The number of nitrogens with zero attached hydrogens (tertiary/aromatic N) is 2. The van der Waals surface area contributed by atoms with Gasteiger partial charge in [0.05, 0.1) is 25.5 Å². The van der Waals surface area contributed by atoms with Gasteiger partial charge in [-0.1, -0.05) is 24.3 Å². The first-order valence-electron chi connectivity index (χ1n) is 9.60. The Morgan fingerprint density at radius 2 is 1.77 bits per heavy atom. The van der Waals surface area contributed by atoms with Crippen LogP contribution in [-0.4, -0.2) is 52.0 Å². The maximum Gasteiger partial charge on any atom is 0.218 e. The summed E-state index contributed by atoms with van der Waals surface area (Å²) in [4.78, 5) is 6.78. The van der Waals surface area contributed by atoms with E-state index in [0.29, 0.717) is 45.4 Å². The Kier molecular flexibility index (Phi) is 10.0. The molecule has 1 aromatic carbocycles. The van der Waals surface area contributed by atoms with E-state index in [-0.39, 0.29) is 29.7 Å². The van der Waals surface area contributed by atoms with E-state index in [1.807, 2.05) is 24.3 Å². The van der Waals surface area contributed by atoms with Crippen LogP contribution in [0, 0.1) is 6.92 Å². The van der Waals surface area contributed by atoms with Crippen molar-refractivity contribution in [3.8, 4) is 0 Å². The summed E-state index contributed by atoms with van der Waals surface area (Å²) in [5.74, 6) is 0.674. The third-order valence-corrected chi connectivity index (χ3v) is 7.54. The Balaban J connectivity index is 0.00000320. The predicted molar refractivity (Wildman–Crippen MR) is 133 cm³/mol. The van der Waals surface area contributed by atoms with Gasteiger partial charge in [-0.25, -0.2) is 8.42 Å². The number of hydrogen-bond acceptors (Lipinski definition) is 5. The lowest BCUT2D eigenvalue weighted by atomic mass is 10.1. The molecule has 3 rings (SSSR count). The van der Waals surface area contributed by atoms with Crippen molar-refractivity contribution in [2.75, 3.05) is 33.4 Å². The van der Waals surface area contributed by atoms with E-state index in [4.69, 9.17) is 4.74 Å². The Morgan fingerprint density at radius 3 is 2.40 bits per heavy atom. The zero-order valence-corrected chi connectivity index (χ0v) is 21.2. The number of sulfonamides is 1. The molecule has 2 heterocycles. The molecule has 0 amide bonds. The number of thiophene rings is 1. The lowest BCUT2D eigenvalue weighted by Gasteiger charge is -2.26. The Hall–Kier alpha value is -1.21. The lowest BCUT2D eigenvalue weighted by molar-refractivity contribution is 0.0729. The maximum absolute atomic E-state index is 12.8. The molecule has 166 valence electrons. The maximum atomic E-state index is 12.8. The van der Waals surface area contributed by atoms with E-state index in [9.17, 15) is 8.42 Å². The minimum atomic E-state index is -3.37. The van der Waals surface area contributed by atoms with Crippen molar-refractivity contribution in [1.29, 1.82) is 0 Å². The van der Waals surface area contributed by atoms with Crippen LogP contribution in [0.5, 0.6) is 0 Å². The van der Waals surface area contributed by atoms with Gasteiger partial charge in [0.1, 0.15) is 0 Å². The van der Waals surface area contributed by atoms with E-state index in [2.05, 4.69) is 34.7 Å². The van der Waals surface area contributed by atoms with Gasteiger partial charge in [0.25, 0.3) is 0 Å². The number of morpholine rings is 1. The quantitative estimate of drug-likeness (QED) is 0.307. The van der Waals surface area contributed by atoms with Crippen molar-refractivity contribution in [2.24, 2.45) is 4.99 Å². The standard InChI is InChI=1S/C20H28N4O3S2.HI/c1-16-7-8-19(28-16)14-23-20(21-2)22-13-17-5-3-4-6-18(17)15-29(25,26)24-9-11-27-12-10-24;/h3-8H,9-15H2,1-2H3,(H2,21,22,23);1H. The Morgan fingerprint density at radius 1 is 1.10 bits per heavy atom. The lowest BCUT2D eigenvalue weighted by Crippen LogP contribution is -2.41. The summed E-state index contributed by atoms with van der Waals surface area (Å²) in [6.45, 7) is 5.03. The molecule has 2 N–H and O–H groups in total. The predicted octanol–water partition coefficient (Wildman–Crippen LogP) is 2.70. The molecule has 10 heteroatoms. The minimum Gasteiger partial charge on any atom is -0.379 e. The number of guanidine groups is 1. The normalized spacial score (nSPS) is 15.5. The molecule has 1 aromatic heterocycles. The summed E-state index contributed by atoms with van der Waals surface area (Å²) >= 11 is 1.75. The average molecular weight is 565 g/mol. The molecular weight excluding hydrogens is 535 g/mol. The summed E-state index contributed by atoms with van der Waals surface area (Å²) in [5, 5.41) is 6.58. The molecule has 0 bridgehead atoms. The van der Waals surface area contributed by atoms with Gasteiger partial charge in [0.2, 0.25) is 10.0 Å². The van der Waals surface area contributed by atoms with E-state index in [1.165, 1.54) is 14.1 Å². The molecule has 0 saturated carbocycles. The van der Waals surface area contributed by atoms with Crippen molar-refractivity contribution in [1.82, 2.24) is 14.9 Å². The molecule has 7 nitrogen and oxygen atoms in total. The van der Waals surface area contributed by atoms with Crippen LogP contribution in [0.4, 0.5) is 0 Å². The van der Waals surface area contributed by atoms with Gasteiger partial charge in [0.15, 0.2) is 5.96 Å². The number of benzene rings is 1. The third kappa shape index (κ3) is 7.19. The molecule has 0 atom stereocenters. The van der Waals surface area contributed by atoms with Gasteiger partial charge in [-0.2, -0.15) is 4.31 Å². The number of halogens is 1. The number of nitrogens with one attached hydrogen (secondary N) is 2. The number of ether oxygens (including phenoxy) is 1. The van der Waals surface area contributed by atoms with E-state index >= 15 is 0 Å². The van der Waals surface area contributed by atoms with Crippen molar-refractivity contribution in [3.05, 3.63) is 57.3 Å². The van der Waals surface area contributed by atoms with Crippen molar-refractivity contribution in [3.63, 3.8) is 0 Å². The molecule has 0 radical (unpaired) electrons. The van der Waals surface area contributed by atoms with Crippen molar-refractivity contribution in [2.45, 2.75) is 25.8 Å². The number of aryl methyl sites for hydroxylation is 1. The zero-order valence-electron chi connectivity index (χ0n) is 17.3. The van der Waals surface area contributed by atoms with Crippen LogP contribution in [-0.2, 0) is 33.6 Å². The van der Waals surface area contributed by atoms with E-state index in [1.54, 1.807) is 18.4 Å². The van der Waals surface area contributed by atoms with Gasteiger partial charge >= 0.3 is 0 Å². The minimum absolute atomic E-state index is 0. The highest BCUT2D eigenvalue weighted by Crippen LogP contribution is 2.17. The highest BCUT2D eigenvalue weighted by atomic mass is 127. The second-order valence-corrected chi connectivity index (χ2v) is 10.2. The number of aliphatic imine (C=N–C) groups is 1. The molecule has 2 aromatic rings. The smallest absolute Gasteiger partial charge is 0.218 e. The first-order valence-corrected chi connectivity index (χ1v) is 12.0. The van der Waals surface area contributed by atoms with Crippen LogP contribution in [0.2, 0.25) is 0 Å². The summed E-state index contributed by atoms with van der Waals surface area (Å²) in [7, 11) is -1.64. The fourth-order valence-corrected chi connectivity index (χ4v) is 5.53. The average Bonchev–Trinajstić information content (AvgIpc) is 3.15. The first kappa shape index (κ1) is 25.1. The zero-order chi connectivity index (χ0) is 20.7. The molecule has 1 fully saturated rings. The summed E-state index contributed by atoms with van der Waals surface area (Å²) in [6, 6.07) is 11.8. The molecule has 1 aliphatic heterocycles. The monoisotopic (exact) mass is 564 g/mol. The van der Waals surface area contributed by atoms with Crippen LogP contribution in [0.1, 0.15) is 20.9 Å². The van der Waals surface area contributed by atoms with Crippen LogP contribution >= 0.6 is 35.3 Å². The molecular formula is C20H29IN4O3S2. The second kappa shape index (κ2) is 12.0. The largest absolute Gasteiger partial charge is 0.379 e. The van der Waals surface area contributed by atoms with Crippen molar-refractivity contribution < 1.29 is 13.2 Å². The van der Waals surface area contributed by atoms with E-state index in [0.717, 1.165) is 11.1 Å². The molecule has 30 heavy (non-hydrogen) atoms. The SMILES string of the molecule is CN=C(NCc1ccc(C)s1)NCc1ccccc1CS(=O)(=O)N1CCOCC1.I. The highest BCUT2D eigenvalue weighted by Gasteiger charge is 2.25. The molecule has 1 saturated heterocycles. The van der Waals surface area contributed by atoms with Gasteiger partial charge in [-0.15, -0.1) is 35.3 Å². The highest BCUT2D eigenvalue weighted by molar-refractivity contribution is 14.0. The summed E-state index contributed by atoms with van der Waals surface area (Å²) < 4.78 is 32.3. The summed E-state index contributed by atoms with van der Waals surface area (Å²) in [6.07, 6.45) is 0. The third-order valence-electron chi connectivity index (χ3n) is 4.72. The van der Waals surface area contributed by atoms with Crippen LogP contribution in [0.3, 0.4) is 0 Å². The van der Waals surface area contributed by atoms with E-state index < -0.39 is 10.0 Å². The molecule has 1 aliphatic rings. The topological polar surface area (TPSA) is 83.0 Å². The summed E-state index contributed by atoms with van der Waals surface area (Å²) in [5.41, 5.74) is 1.75. The van der Waals surface area contributed by atoms with Crippen LogP contribution in [0.25, 0.3) is 0 Å². The van der Waals surface area contributed by atoms with Gasteiger partial charge in [-0.05, 0) is 30.2 Å². The molecule has 0 aliphatic carbocycles. The van der Waals surface area contributed by atoms with Gasteiger partial charge in [-0.3, -0.25) is 4.99 Å². The Labute approximate surface area is 200 Å². The first-order chi connectivity index (χ1) is 14.0. The number of hydrogen-bond donors (Lipinski definition) is 2. The second-order valence-electron chi connectivity index (χ2n) is 6.83. The van der Waals surface area contributed by atoms with Gasteiger partial charge in [0, 0.05) is 36.4 Å². The van der Waals surface area contributed by atoms with Crippen LogP contribution in [0.15, 0.2) is 41.4 Å². The van der Waals surface area contributed by atoms with Gasteiger partial charge < -0.3 is 15.4 Å². The Bertz CT molecular complexity index is 941. The fraction of sp³-hybridized carbons (Fsp3) is 0.450. The fourth-order valence-electron chi connectivity index (χ4n) is 3.13. The molecule has 0 unspecified atom stereocenters. The number of rotatable bonds is 7. The van der Waals surface area contributed by atoms with Crippen LogP contribution < -0.4 is 10.6 Å². The molecule has 0 spiro atoms.